The van der Waals surface area contributed by atoms with Crippen LogP contribution in [0.4, 0.5) is 11.4 Å². The third kappa shape index (κ3) is 7.21. The standard InChI is InChI=1S/C48H52N8O6/c1-47(2)45(48(3,4)46(47)62-38-15-9-31(27-49)40-35(38)6-5-19-50-40)52-41(58)30-7-10-32(11-8-30)54-20-17-29(18-21-54)28-53-22-24-55(25-23-53)33-12-13-34-36(26-33)44(61)56(43(34)60)37-14-16-39(57)51-42(37)59/h5-13,15,19,26,29,37,45-46H,14,16-18,20-25,28H2,1-4H3,(H,52,58)(H,51,57,59). The van der Waals surface area contributed by atoms with Crippen molar-refractivity contribution >= 4 is 51.8 Å². The monoisotopic (exact) mass is 836 g/mol. The van der Waals surface area contributed by atoms with Crippen molar-refractivity contribution in [2.24, 2.45) is 16.7 Å². The van der Waals surface area contributed by atoms with E-state index >= 15 is 0 Å². The van der Waals surface area contributed by atoms with Crippen molar-refractivity contribution in [2.45, 2.75) is 71.6 Å². The molecule has 0 spiro atoms. The molecule has 14 nitrogen and oxygen atoms in total. The van der Waals surface area contributed by atoms with Crippen molar-refractivity contribution in [1.29, 1.82) is 5.26 Å². The number of ether oxygens (including phenoxy) is 1. The molecule has 320 valence electrons. The van der Waals surface area contributed by atoms with Gasteiger partial charge >= 0.3 is 0 Å². The van der Waals surface area contributed by atoms with E-state index in [0.717, 1.165) is 80.3 Å². The fraction of sp³-hybridized carbons (Fsp3) is 0.438. The number of imide groups is 2. The molecule has 3 aromatic carbocycles. The summed E-state index contributed by atoms with van der Waals surface area (Å²) in [6.45, 7) is 14.8. The number of pyridine rings is 1. The molecule has 3 saturated heterocycles. The van der Waals surface area contributed by atoms with Gasteiger partial charge in [-0.1, -0.05) is 27.7 Å². The van der Waals surface area contributed by atoms with Crippen LogP contribution in [0.2, 0.25) is 0 Å². The maximum atomic E-state index is 13.6. The SMILES string of the molecule is CC1(C)C(NC(=O)c2ccc(N3CCC(CN4CCN(c5ccc6c(c5)C(=O)N(C5CCC(=O)NC5=O)C6=O)CC4)CC3)cc2)C(C)(C)C1Oc1ccc(C#N)c2ncccc12. The highest BCUT2D eigenvalue weighted by Gasteiger charge is 2.64. The van der Waals surface area contributed by atoms with Gasteiger partial charge in [-0.15, -0.1) is 0 Å². The third-order valence-electron chi connectivity index (χ3n) is 14.0. The van der Waals surface area contributed by atoms with E-state index in [1.807, 2.05) is 36.4 Å². The number of hydrogen-bond acceptors (Lipinski definition) is 11. The van der Waals surface area contributed by atoms with Crippen LogP contribution >= 0.6 is 0 Å². The highest BCUT2D eigenvalue weighted by atomic mass is 16.5. The van der Waals surface area contributed by atoms with Gasteiger partial charge in [0, 0.05) is 97.6 Å². The third-order valence-corrected chi connectivity index (χ3v) is 14.0. The van der Waals surface area contributed by atoms with Gasteiger partial charge in [-0.05, 0) is 91.9 Å². The van der Waals surface area contributed by atoms with Gasteiger partial charge in [-0.2, -0.15) is 5.26 Å². The van der Waals surface area contributed by atoms with E-state index in [1.165, 1.54) is 0 Å². The minimum absolute atomic E-state index is 0.0902. The highest BCUT2D eigenvalue weighted by Crippen LogP contribution is 2.56. The molecule has 1 aliphatic carbocycles. The van der Waals surface area contributed by atoms with E-state index in [2.05, 4.69) is 76.2 Å². The van der Waals surface area contributed by atoms with E-state index in [1.54, 1.807) is 24.4 Å². The zero-order valence-corrected chi connectivity index (χ0v) is 35.6. The number of piperazine rings is 1. The number of carbonyl (C=O) groups is 5. The maximum Gasteiger partial charge on any atom is 0.262 e. The number of benzene rings is 3. The number of nitriles is 1. The second kappa shape index (κ2) is 15.9. The number of carbonyl (C=O) groups excluding carboxylic acids is 5. The summed E-state index contributed by atoms with van der Waals surface area (Å²) in [5, 5.41) is 15.9. The first-order chi connectivity index (χ1) is 29.7. The summed E-state index contributed by atoms with van der Waals surface area (Å²) in [4.78, 5) is 76.9. The summed E-state index contributed by atoms with van der Waals surface area (Å²) in [6.07, 6.45) is 3.88. The molecule has 5 heterocycles. The van der Waals surface area contributed by atoms with Crippen LogP contribution in [0.5, 0.6) is 5.75 Å². The molecule has 62 heavy (non-hydrogen) atoms. The van der Waals surface area contributed by atoms with Crippen molar-refractivity contribution in [3.8, 4) is 11.8 Å². The Kier molecular flexibility index (Phi) is 10.5. The van der Waals surface area contributed by atoms with Gasteiger partial charge in [-0.25, -0.2) is 0 Å². The first-order valence-corrected chi connectivity index (χ1v) is 21.7. The van der Waals surface area contributed by atoms with Crippen LogP contribution in [-0.4, -0.2) is 108 Å². The lowest BCUT2D eigenvalue weighted by atomic mass is 9.49. The van der Waals surface area contributed by atoms with Gasteiger partial charge in [0.25, 0.3) is 17.7 Å². The van der Waals surface area contributed by atoms with Crippen molar-refractivity contribution in [1.82, 2.24) is 25.4 Å². The average Bonchev–Trinajstić information content (AvgIpc) is 3.52. The summed E-state index contributed by atoms with van der Waals surface area (Å²) in [6, 6.07) is 21.7. The van der Waals surface area contributed by atoms with Gasteiger partial charge in [0.2, 0.25) is 11.8 Å². The van der Waals surface area contributed by atoms with Crippen LogP contribution in [-0.2, 0) is 9.59 Å². The molecule has 4 aliphatic heterocycles. The number of fused-ring (bicyclic) bond motifs is 2. The topological polar surface area (TPSA) is 168 Å². The number of nitrogens with zero attached hydrogens (tertiary/aromatic N) is 6. The second-order valence-corrected chi connectivity index (χ2v) is 18.6. The second-order valence-electron chi connectivity index (χ2n) is 18.6. The molecule has 4 aromatic rings. The number of hydrogen-bond donors (Lipinski definition) is 2. The first-order valence-electron chi connectivity index (χ1n) is 21.7. The number of anilines is 2. The highest BCUT2D eigenvalue weighted by molar-refractivity contribution is 6.23. The van der Waals surface area contributed by atoms with Gasteiger partial charge in [0.15, 0.2) is 0 Å². The molecular formula is C48H52N8O6. The van der Waals surface area contributed by atoms with Crippen molar-refractivity contribution in [3.63, 3.8) is 0 Å². The summed E-state index contributed by atoms with van der Waals surface area (Å²) in [7, 11) is 0. The summed E-state index contributed by atoms with van der Waals surface area (Å²) >= 11 is 0. The van der Waals surface area contributed by atoms with E-state index in [4.69, 9.17) is 4.74 Å². The molecule has 1 saturated carbocycles. The minimum Gasteiger partial charge on any atom is -0.488 e. The Labute approximate surface area is 361 Å². The molecule has 2 N–H and O–H groups in total. The van der Waals surface area contributed by atoms with Crippen LogP contribution in [0.25, 0.3) is 10.9 Å². The summed E-state index contributed by atoms with van der Waals surface area (Å²) in [5.41, 5.74) is 3.61. The summed E-state index contributed by atoms with van der Waals surface area (Å²) in [5.74, 6) is -0.823. The Morgan fingerprint density at radius 3 is 2.21 bits per heavy atom. The molecule has 9 rings (SSSR count). The summed E-state index contributed by atoms with van der Waals surface area (Å²) < 4.78 is 6.66. The molecule has 1 aromatic heterocycles. The van der Waals surface area contributed by atoms with Gasteiger partial charge in [0.1, 0.15) is 24.0 Å². The van der Waals surface area contributed by atoms with Crippen LogP contribution in [0.1, 0.15) is 90.0 Å². The Balaban J connectivity index is 0.740. The van der Waals surface area contributed by atoms with Crippen molar-refractivity contribution in [2.75, 3.05) is 55.6 Å². The molecule has 14 heteroatoms. The van der Waals surface area contributed by atoms with E-state index in [9.17, 15) is 29.2 Å². The Bertz CT molecular complexity index is 2500. The lowest BCUT2D eigenvalue weighted by Gasteiger charge is -2.63. The van der Waals surface area contributed by atoms with Crippen molar-refractivity contribution in [3.05, 3.63) is 95.2 Å². The zero-order chi connectivity index (χ0) is 43.5. The number of amides is 5. The van der Waals surface area contributed by atoms with E-state index in [-0.39, 0.29) is 41.7 Å². The fourth-order valence-corrected chi connectivity index (χ4v) is 10.9. The molecule has 1 unspecified atom stereocenters. The van der Waals surface area contributed by atoms with Crippen LogP contribution in [0.15, 0.2) is 72.9 Å². The largest absolute Gasteiger partial charge is 0.488 e. The minimum atomic E-state index is -0.976. The van der Waals surface area contributed by atoms with Gasteiger partial charge < -0.3 is 19.9 Å². The number of aromatic nitrogens is 1. The van der Waals surface area contributed by atoms with Crippen LogP contribution in [0.3, 0.4) is 0 Å². The van der Waals surface area contributed by atoms with Crippen molar-refractivity contribution < 1.29 is 28.7 Å². The Morgan fingerprint density at radius 2 is 1.52 bits per heavy atom. The molecule has 1 atom stereocenters. The lowest BCUT2D eigenvalue weighted by molar-refractivity contribution is -0.163. The smallest absolute Gasteiger partial charge is 0.262 e. The normalized spacial score (nSPS) is 23.7. The van der Waals surface area contributed by atoms with Gasteiger partial charge in [-0.3, -0.25) is 44.1 Å². The number of rotatable bonds is 9. The Morgan fingerprint density at radius 1 is 0.839 bits per heavy atom. The van der Waals surface area contributed by atoms with E-state index in [0.29, 0.717) is 39.4 Å². The quantitative estimate of drug-likeness (QED) is 0.214. The molecule has 5 amide bonds. The van der Waals surface area contributed by atoms with Crippen LogP contribution < -0.4 is 25.2 Å². The van der Waals surface area contributed by atoms with Crippen LogP contribution in [0, 0.1) is 28.1 Å². The molecular weight excluding hydrogens is 785 g/mol. The molecule has 4 fully saturated rings. The average molecular weight is 837 g/mol. The number of piperidine rings is 2. The van der Waals surface area contributed by atoms with E-state index < -0.39 is 29.7 Å². The Hall–Kier alpha value is -6.33. The fourth-order valence-electron chi connectivity index (χ4n) is 10.9. The molecule has 0 radical (unpaired) electrons. The predicted molar refractivity (Wildman–Crippen MR) is 233 cm³/mol. The zero-order valence-electron chi connectivity index (χ0n) is 35.6. The predicted octanol–water partition coefficient (Wildman–Crippen LogP) is 5.16. The number of nitrogens with one attached hydrogen (secondary N) is 2. The molecule has 0 bridgehead atoms. The maximum absolute atomic E-state index is 13.6. The first kappa shape index (κ1) is 41.0. The van der Waals surface area contributed by atoms with Gasteiger partial charge in [0.05, 0.1) is 22.2 Å². The lowest BCUT2D eigenvalue weighted by Crippen LogP contribution is -2.74. The molecule has 5 aliphatic rings.